The molecule has 1 unspecified atom stereocenters. The van der Waals surface area contributed by atoms with Crippen LogP contribution in [0.1, 0.15) is 50.2 Å². The van der Waals surface area contributed by atoms with Crippen LogP contribution in [0.2, 0.25) is 0 Å². The fourth-order valence-electron chi connectivity index (χ4n) is 3.59. The summed E-state index contributed by atoms with van der Waals surface area (Å²) in [5, 5.41) is 0.746. The highest BCUT2D eigenvalue weighted by Gasteiger charge is 2.33. The van der Waals surface area contributed by atoms with Crippen molar-refractivity contribution in [3.05, 3.63) is 29.3 Å². The van der Waals surface area contributed by atoms with Crippen molar-refractivity contribution in [2.75, 3.05) is 6.54 Å². The summed E-state index contributed by atoms with van der Waals surface area (Å²) in [6.45, 7) is 3.14. The van der Waals surface area contributed by atoms with Gasteiger partial charge in [-0.1, -0.05) is 38.3 Å². The quantitative estimate of drug-likeness (QED) is 0.874. The molecule has 98 valence electrons. The Morgan fingerprint density at radius 2 is 2.06 bits per heavy atom. The molecular formula is C16H23NS. The first-order chi connectivity index (χ1) is 8.73. The van der Waals surface area contributed by atoms with Crippen molar-refractivity contribution in [1.29, 1.82) is 0 Å². The van der Waals surface area contributed by atoms with E-state index in [1.165, 1.54) is 49.0 Å². The van der Waals surface area contributed by atoms with Crippen molar-refractivity contribution in [3.63, 3.8) is 0 Å². The van der Waals surface area contributed by atoms with Crippen molar-refractivity contribution in [2.24, 2.45) is 5.73 Å². The second-order valence-electron chi connectivity index (χ2n) is 6.00. The minimum Gasteiger partial charge on any atom is -0.330 e. The molecule has 1 atom stereocenters. The maximum absolute atomic E-state index is 6.14. The number of nitrogens with two attached hydrogens (primary N) is 1. The lowest BCUT2D eigenvalue weighted by Gasteiger charge is -2.37. The molecule has 1 aromatic carbocycles. The monoisotopic (exact) mass is 261 g/mol. The fraction of sp³-hybridized carbons (Fsp3) is 0.625. The lowest BCUT2D eigenvalue weighted by Crippen LogP contribution is -2.37. The van der Waals surface area contributed by atoms with E-state index in [0.717, 1.165) is 11.8 Å². The largest absolute Gasteiger partial charge is 0.330 e. The number of hydrogen-bond donors (Lipinski definition) is 1. The van der Waals surface area contributed by atoms with E-state index >= 15 is 0 Å². The van der Waals surface area contributed by atoms with Gasteiger partial charge in [-0.3, -0.25) is 0 Å². The summed E-state index contributed by atoms with van der Waals surface area (Å²) in [7, 11) is 0. The minimum atomic E-state index is 0.282. The molecule has 2 aliphatic rings. The van der Waals surface area contributed by atoms with E-state index in [1.54, 1.807) is 5.56 Å². The molecule has 1 fully saturated rings. The van der Waals surface area contributed by atoms with Gasteiger partial charge in [0.2, 0.25) is 0 Å². The van der Waals surface area contributed by atoms with Crippen molar-refractivity contribution in [1.82, 2.24) is 0 Å². The average Bonchev–Trinajstić information content (AvgIpc) is 2.78. The summed E-state index contributed by atoms with van der Waals surface area (Å²) in [6, 6.07) is 7.15. The molecule has 0 aromatic heterocycles. The Morgan fingerprint density at radius 1 is 1.28 bits per heavy atom. The number of thioether (sulfide) groups is 1. The standard InChI is InChI=1S/C16H23NS/c1-12-9-13-10-14(5-6-15(13)18-12)16(11-17)7-3-2-4-8-16/h5-6,10,12H,2-4,7-9,11,17H2,1H3. The summed E-state index contributed by atoms with van der Waals surface area (Å²) < 4.78 is 0. The van der Waals surface area contributed by atoms with Crippen LogP contribution in [-0.4, -0.2) is 11.8 Å². The van der Waals surface area contributed by atoms with Gasteiger partial charge in [0.1, 0.15) is 0 Å². The Labute approximate surface area is 115 Å². The predicted molar refractivity (Wildman–Crippen MR) is 79.3 cm³/mol. The van der Waals surface area contributed by atoms with Crippen molar-refractivity contribution in [3.8, 4) is 0 Å². The molecule has 2 N–H and O–H groups in total. The van der Waals surface area contributed by atoms with Crippen LogP contribution in [0.5, 0.6) is 0 Å². The first-order valence-corrected chi connectivity index (χ1v) is 8.12. The molecule has 1 nitrogen and oxygen atoms in total. The third-order valence-electron chi connectivity index (χ3n) is 4.71. The van der Waals surface area contributed by atoms with E-state index in [1.807, 2.05) is 11.8 Å². The molecule has 3 rings (SSSR count). The van der Waals surface area contributed by atoms with Crippen LogP contribution in [0.15, 0.2) is 23.1 Å². The summed E-state index contributed by atoms with van der Waals surface area (Å²) in [5.41, 5.74) is 9.49. The summed E-state index contributed by atoms with van der Waals surface area (Å²) in [5.74, 6) is 0. The lowest BCUT2D eigenvalue weighted by atomic mass is 9.69. The van der Waals surface area contributed by atoms with E-state index in [4.69, 9.17) is 5.73 Å². The highest BCUT2D eigenvalue weighted by molar-refractivity contribution is 8.00. The second-order valence-corrected chi connectivity index (χ2v) is 7.48. The molecule has 0 spiro atoms. The maximum atomic E-state index is 6.14. The van der Waals surface area contributed by atoms with Crippen LogP contribution in [0.3, 0.4) is 0 Å². The number of fused-ring (bicyclic) bond motifs is 1. The summed E-state index contributed by atoms with van der Waals surface area (Å²) in [4.78, 5) is 1.49. The maximum Gasteiger partial charge on any atom is 0.0107 e. The molecule has 0 radical (unpaired) electrons. The molecule has 1 aliphatic heterocycles. The van der Waals surface area contributed by atoms with Crippen molar-refractivity contribution < 1.29 is 0 Å². The van der Waals surface area contributed by atoms with Gasteiger partial charge in [-0.05, 0) is 36.5 Å². The predicted octanol–water partition coefficient (Wildman–Crippen LogP) is 3.88. The molecule has 1 aliphatic carbocycles. The van der Waals surface area contributed by atoms with Crippen LogP contribution in [0.25, 0.3) is 0 Å². The highest BCUT2D eigenvalue weighted by Crippen LogP contribution is 2.43. The van der Waals surface area contributed by atoms with Gasteiger partial charge in [-0.2, -0.15) is 0 Å². The fourth-order valence-corrected chi connectivity index (χ4v) is 4.73. The first kappa shape index (κ1) is 12.6. The van der Waals surface area contributed by atoms with Crippen LogP contribution >= 0.6 is 11.8 Å². The van der Waals surface area contributed by atoms with E-state index in [9.17, 15) is 0 Å². The zero-order valence-corrected chi connectivity index (χ0v) is 12.1. The zero-order valence-electron chi connectivity index (χ0n) is 11.2. The van der Waals surface area contributed by atoms with E-state index in [2.05, 4.69) is 25.1 Å². The summed E-state index contributed by atoms with van der Waals surface area (Å²) >= 11 is 2.02. The molecule has 0 bridgehead atoms. The van der Waals surface area contributed by atoms with Crippen molar-refractivity contribution in [2.45, 2.75) is 61.0 Å². The molecule has 0 amide bonds. The van der Waals surface area contributed by atoms with Gasteiger partial charge in [-0.15, -0.1) is 11.8 Å². The minimum absolute atomic E-state index is 0.282. The lowest BCUT2D eigenvalue weighted by molar-refractivity contribution is 0.300. The van der Waals surface area contributed by atoms with Gasteiger partial charge in [0.25, 0.3) is 0 Å². The highest BCUT2D eigenvalue weighted by atomic mass is 32.2. The second kappa shape index (κ2) is 4.90. The van der Waals surface area contributed by atoms with Gasteiger partial charge < -0.3 is 5.73 Å². The Kier molecular flexibility index (Phi) is 3.42. The molecule has 18 heavy (non-hydrogen) atoms. The van der Waals surface area contributed by atoms with Crippen LogP contribution < -0.4 is 5.73 Å². The van der Waals surface area contributed by atoms with Crippen LogP contribution in [-0.2, 0) is 11.8 Å². The van der Waals surface area contributed by atoms with Crippen molar-refractivity contribution >= 4 is 11.8 Å². The number of benzene rings is 1. The van der Waals surface area contributed by atoms with E-state index in [-0.39, 0.29) is 5.41 Å². The van der Waals surface area contributed by atoms with E-state index < -0.39 is 0 Å². The van der Waals surface area contributed by atoms with Crippen LogP contribution in [0, 0.1) is 0 Å². The molecular weight excluding hydrogens is 238 g/mol. The normalized spacial score (nSPS) is 26.0. The molecule has 1 heterocycles. The van der Waals surface area contributed by atoms with Gasteiger partial charge >= 0.3 is 0 Å². The van der Waals surface area contributed by atoms with Crippen LogP contribution in [0.4, 0.5) is 0 Å². The smallest absolute Gasteiger partial charge is 0.0107 e. The van der Waals surface area contributed by atoms with E-state index in [0.29, 0.717) is 0 Å². The molecule has 0 saturated heterocycles. The Bertz CT molecular complexity index is 435. The molecule has 1 saturated carbocycles. The van der Waals surface area contributed by atoms with Gasteiger partial charge in [0.05, 0.1) is 0 Å². The first-order valence-electron chi connectivity index (χ1n) is 7.24. The molecule has 2 heteroatoms. The Balaban J connectivity index is 1.94. The van der Waals surface area contributed by atoms with Gasteiger partial charge in [0.15, 0.2) is 0 Å². The topological polar surface area (TPSA) is 26.0 Å². The van der Waals surface area contributed by atoms with Gasteiger partial charge in [-0.25, -0.2) is 0 Å². The average molecular weight is 261 g/mol. The Hall–Kier alpha value is -0.470. The SMILES string of the molecule is CC1Cc2cc(C3(CN)CCCCC3)ccc2S1. The molecule has 1 aromatic rings. The third-order valence-corrected chi connectivity index (χ3v) is 5.93. The third kappa shape index (κ3) is 2.10. The Morgan fingerprint density at radius 3 is 2.78 bits per heavy atom. The zero-order chi connectivity index (χ0) is 12.6. The summed E-state index contributed by atoms with van der Waals surface area (Å²) in [6.07, 6.45) is 7.88. The number of rotatable bonds is 2. The van der Waals surface area contributed by atoms with Gasteiger partial charge in [0, 0.05) is 22.1 Å². The number of hydrogen-bond acceptors (Lipinski definition) is 2.